The number of rotatable bonds is 1. The van der Waals surface area contributed by atoms with Gasteiger partial charge in [-0.2, -0.15) is 0 Å². The number of hydrogen-bond donors (Lipinski definition) is 0. The highest BCUT2D eigenvalue weighted by Gasteiger charge is 2.09. The van der Waals surface area contributed by atoms with Gasteiger partial charge in [-0.15, -0.1) is 0 Å². The maximum Gasteiger partial charge on any atom is 0.232 e. The van der Waals surface area contributed by atoms with E-state index in [1.807, 2.05) is 6.92 Å². The number of nitrogens with zero attached hydrogens (tertiary/aromatic N) is 1. The van der Waals surface area contributed by atoms with Crippen LogP contribution in [0, 0.1) is 0 Å². The van der Waals surface area contributed by atoms with Crippen molar-refractivity contribution in [3.63, 3.8) is 0 Å². The molecule has 0 bridgehead atoms. The average molecular weight is 137 g/mol. The average Bonchev–Trinajstić information content (AvgIpc) is 2.36. The molecule has 10 heavy (non-hydrogen) atoms. The molecule has 0 aromatic rings. The number of ether oxygens (including phenoxy) is 1. The Hall–Kier alpha value is -1.34. The third-order valence-electron chi connectivity index (χ3n) is 1.05. The van der Waals surface area contributed by atoms with Gasteiger partial charge in [-0.05, 0) is 13.0 Å². The Kier molecular flexibility index (Phi) is 2.03. The molecule has 52 valence electrons. The largest absolute Gasteiger partial charge is 0.477 e. The molecule has 0 spiro atoms. The van der Waals surface area contributed by atoms with Gasteiger partial charge in [0, 0.05) is 6.20 Å². The molecule has 0 amide bonds. The molecule has 3 heteroatoms. The summed E-state index contributed by atoms with van der Waals surface area (Å²) in [4.78, 5) is 13.9. The van der Waals surface area contributed by atoms with Crippen molar-refractivity contribution in [2.45, 2.75) is 6.92 Å². The summed E-state index contributed by atoms with van der Waals surface area (Å²) in [5.74, 6) is 2.10. The molecule has 3 nitrogen and oxygen atoms in total. The number of carbonyl (C=O) groups excluding carboxylic acids is 1. The summed E-state index contributed by atoms with van der Waals surface area (Å²) >= 11 is 0. The maximum absolute atomic E-state index is 10.1. The van der Waals surface area contributed by atoms with Gasteiger partial charge in [-0.3, -0.25) is 0 Å². The van der Waals surface area contributed by atoms with Crippen LogP contribution in [0.3, 0.4) is 0 Å². The number of hydrogen-bond acceptors (Lipinski definition) is 3. The first-order valence-electron chi connectivity index (χ1n) is 3.01. The molecule has 0 aromatic carbocycles. The first kappa shape index (κ1) is 6.78. The van der Waals surface area contributed by atoms with Gasteiger partial charge in [-0.1, -0.05) is 0 Å². The fourth-order valence-electron chi connectivity index (χ4n) is 0.650. The SMILES string of the molecule is CCOC1=NC=CC1=C=O. The summed E-state index contributed by atoms with van der Waals surface area (Å²) in [6.45, 7) is 2.36. The minimum Gasteiger partial charge on any atom is -0.477 e. The van der Waals surface area contributed by atoms with Gasteiger partial charge < -0.3 is 4.74 Å². The van der Waals surface area contributed by atoms with Crippen molar-refractivity contribution in [1.82, 2.24) is 0 Å². The lowest BCUT2D eigenvalue weighted by molar-refractivity contribution is 0.329. The van der Waals surface area contributed by atoms with Crippen LogP contribution in [0.25, 0.3) is 0 Å². The quantitative estimate of drug-likeness (QED) is 0.499. The second-order valence-corrected chi connectivity index (χ2v) is 1.70. The fourth-order valence-corrected chi connectivity index (χ4v) is 0.650. The van der Waals surface area contributed by atoms with E-state index < -0.39 is 0 Å². The highest BCUT2D eigenvalue weighted by atomic mass is 16.5. The molecule has 1 heterocycles. The molecule has 1 aliphatic rings. The molecule has 0 radical (unpaired) electrons. The highest BCUT2D eigenvalue weighted by molar-refractivity contribution is 6.05. The first-order valence-corrected chi connectivity index (χ1v) is 3.01. The Morgan fingerprint density at radius 3 is 3.20 bits per heavy atom. The van der Waals surface area contributed by atoms with Gasteiger partial charge in [0.1, 0.15) is 11.5 Å². The van der Waals surface area contributed by atoms with E-state index in [-0.39, 0.29) is 0 Å². The zero-order chi connectivity index (χ0) is 7.40. The van der Waals surface area contributed by atoms with Crippen molar-refractivity contribution in [3.8, 4) is 0 Å². The Morgan fingerprint density at radius 1 is 1.80 bits per heavy atom. The van der Waals surface area contributed by atoms with E-state index in [0.717, 1.165) is 0 Å². The summed E-state index contributed by atoms with van der Waals surface area (Å²) < 4.78 is 4.99. The Balaban J connectivity index is 2.72. The monoisotopic (exact) mass is 137 g/mol. The van der Waals surface area contributed by atoms with E-state index in [0.29, 0.717) is 18.1 Å². The molecular weight excluding hydrogens is 130 g/mol. The van der Waals surface area contributed by atoms with Crippen LogP contribution in [-0.4, -0.2) is 18.4 Å². The van der Waals surface area contributed by atoms with Crippen molar-refractivity contribution < 1.29 is 9.53 Å². The lowest BCUT2D eigenvalue weighted by Gasteiger charge is -1.98. The highest BCUT2D eigenvalue weighted by Crippen LogP contribution is 2.05. The Bertz CT molecular complexity index is 234. The molecular formula is C7H7NO2. The Morgan fingerprint density at radius 2 is 2.60 bits per heavy atom. The smallest absolute Gasteiger partial charge is 0.232 e. The van der Waals surface area contributed by atoms with E-state index in [1.165, 1.54) is 6.20 Å². The van der Waals surface area contributed by atoms with E-state index >= 15 is 0 Å². The first-order chi connectivity index (χ1) is 4.88. The lowest BCUT2D eigenvalue weighted by Crippen LogP contribution is -2.03. The molecule has 0 aliphatic carbocycles. The standard InChI is InChI=1S/C7H7NO2/c1-2-10-7-6(5-9)3-4-8-7/h3-4H,2H2,1H3. The zero-order valence-corrected chi connectivity index (χ0v) is 5.63. The van der Waals surface area contributed by atoms with Crippen LogP contribution in [0.4, 0.5) is 0 Å². The molecule has 1 aliphatic heterocycles. The maximum atomic E-state index is 10.1. The van der Waals surface area contributed by atoms with Crippen molar-refractivity contribution in [2.24, 2.45) is 4.99 Å². The summed E-state index contributed by atoms with van der Waals surface area (Å²) in [7, 11) is 0. The zero-order valence-electron chi connectivity index (χ0n) is 5.63. The van der Waals surface area contributed by atoms with Gasteiger partial charge in [0.25, 0.3) is 0 Å². The molecule has 0 saturated heterocycles. The van der Waals surface area contributed by atoms with Crippen LogP contribution in [0.5, 0.6) is 0 Å². The molecule has 0 unspecified atom stereocenters. The molecule has 0 N–H and O–H groups in total. The minimum absolute atomic E-state index is 0.373. The van der Waals surface area contributed by atoms with Gasteiger partial charge >= 0.3 is 0 Å². The van der Waals surface area contributed by atoms with Crippen molar-refractivity contribution >= 4 is 11.8 Å². The second kappa shape index (κ2) is 2.99. The van der Waals surface area contributed by atoms with Crippen LogP contribution in [0.1, 0.15) is 6.92 Å². The van der Waals surface area contributed by atoms with E-state index in [1.54, 1.807) is 12.0 Å². The van der Waals surface area contributed by atoms with Gasteiger partial charge in [0.05, 0.1) is 6.61 Å². The van der Waals surface area contributed by atoms with E-state index in [2.05, 4.69) is 4.99 Å². The third kappa shape index (κ3) is 1.14. The van der Waals surface area contributed by atoms with Crippen LogP contribution in [0.2, 0.25) is 0 Å². The third-order valence-corrected chi connectivity index (χ3v) is 1.05. The normalized spacial score (nSPS) is 14.9. The van der Waals surface area contributed by atoms with Crippen molar-refractivity contribution in [2.75, 3.05) is 6.61 Å². The summed E-state index contributed by atoms with van der Waals surface area (Å²) in [6, 6.07) is 0. The minimum atomic E-state index is 0.373. The van der Waals surface area contributed by atoms with Crippen LogP contribution >= 0.6 is 0 Å². The lowest BCUT2D eigenvalue weighted by atomic mass is 10.3. The van der Waals surface area contributed by atoms with Crippen molar-refractivity contribution in [1.29, 1.82) is 0 Å². The van der Waals surface area contributed by atoms with Gasteiger partial charge in [0.2, 0.25) is 5.90 Å². The van der Waals surface area contributed by atoms with Gasteiger partial charge in [0.15, 0.2) is 0 Å². The van der Waals surface area contributed by atoms with Gasteiger partial charge in [-0.25, -0.2) is 9.79 Å². The predicted octanol–water partition coefficient (Wildman–Crippen LogP) is 0.707. The van der Waals surface area contributed by atoms with E-state index in [4.69, 9.17) is 4.74 Å². The molecule has 0 atom stereocenters. The topological polar surface area (TPSA) is 38.7 Å². The van der Waals surface area contributed by atoms with Crippen LogP contribution in [-0.2, 0) is 9.53 Å². The van der Waals surface area contributed by atoms with Crippen LogP contribution in [0.15, 0.2) is 22.8 Å². The predicted molar refractivity (Wildman–Crippen MR) is 37.4 cm³/mol. The molecule has 0 saturated carbocycles. The molecule has 0 aromatic heterocycles. The van der Waals surface area contributed by atoms with Crippen molar-refractivity contribution in [3.05, 3.63) is 17.8 Å². The summed E-state index contributed by atoms with van der Waals surface area (Å²) in [6.07, 6.45) is 3.09. The second-order valence-electron chi connectivity index (χ2n) is 1.70. The Labute approximate surface area is 58.7 Å². The molecule has 1 rings (SSSR count). The summed E-state index contributed by atoms with van der Waals surface area (Å²) in [5.41, 5.74) is 0.391. The number of aliphatic imine (C=N–C) groups is 1. The van der Waals surface area contributed by atoms with Crippen LogP contribution < -0.4 is 0 Å². The fraction of sp³-hybridized carbons (Fsp3) is 0.286. The summed E-state index contributed by atoms with van der Waals surface area (Å²) in [5, 5.41) is 0. The van der Waals surface area contributed by atoms with E-state index in [9.17, 15) is 4.79 Å². The molecule has 0 fully saturated rings.